The van der Waals surface area contributed by atoms with Crippen LogP contribution in [0.3, 0.4) is 0 Å². The fourth-order valence-electron chi connectivity index (χ4n) is 2.28. The maximum Gasteiger partial charge on any atom is 0.410 e. The smallest absolute Gasteiger partial charge is 0.410 e. The number of nitrogens with zero attached hydrogens (tertiary/aromatic N) is 2. The van der Waals surface area contributed by atoms with Crippen molar-refractivity contribution in [1.82, 2.24) is 9.88 Å². The van der Waals surface area contributed by atoms with Crippen LogP contribution < -0.4 is 0 Å². The van der Waals surface area contributed by atoms with Gasteiger partial charge in [0.2, 0.25) is 0 Å². The Hall–Kier alpha value is -1.14. The zero-order valence-corrected chi connectivity index (χ0v) is 14.0. The molecule has 1 aromatic rings. The lowest BCUT2D eigenvalue weighted by molar-refractivity contribution is -0.0410. The summed E-state index contributed by atoms with van der Waals surface area (Å²) in [6, 6.07) is 0. The van der Waals surface area contributed by atoms with Gasteiger partial charge in [-0.05, 0) is 40.5 Å². The monoisotopic (exact) mass is 312 g/mol. The van der Waals surface area contributed by atoms with E-state index in [1.165, 1.54) is 0 Å². The molecular formula is C15H24N2O3S. The third kappa shape index (κ3) is 4.97. The maximum absolute atomic E-state index is 12.0. The summed E-state index contributed by atoms with van der Waals surface area (Å²) in [7, 11) is 0. The highest BCUT2D eigenvalue weighted by Gasteiger charge is 2.28. The Morgan fingerprint density at radius 3 is 2.62 bits per heavy atom. The molecule has 1 saturated heterocycles. The molecule has 5 nitrogen and oxygen atoms in total. The summed E-state index contributed by atoms with van der Waals surface area (Å²) >= 11 is 1.61. The van der Waals surface area contributed by atoms with Crippen molar-refractivity contribution < 1.29 is 14.3 Å². The van der Waals surface area contributed by atoms with Crippen molar-refractivity contribution in [1.29, 1.82) is 0 Å². The standard InChI is InChI=1S/C15H24N2O3S/c1-11(13-16-7-10-21-13)19-12-5-8-17(9-6-12)14(18)20-15(2,3)4/h7,10-12H,5-6,8-9H2,1-4H3/t11-/m1/s1. The lowest BCUT2D eigenvalue weighted by Gasteiger charge is -2.34. The fraction of sp³-hybridized carbons (Fsp3) is 0.733. The molecule has 0 radical (unpaired) electrons. The quantitative estimate of drug-likeness (QED) is 0.855. The molecule has 0 bridgehead atoms. The lowest BCUT2D eigenvalue weighted by Crippen LogP contribution is -2.43. The highest BCUT2D eigenvalue weighted by Crippen LogP contribution is 2.25. The number of carbonyl (C=O) groups is 1. The van der Waals surface area contributed by atoms with E-state index in [-0.39, 0.29) is 18.3 Å². The number of likely N-dealkylation sites (tertiary alicyclic amines) is 1. The van der Waals surface area contributed by atoms with E-state index < -0.39 is 5.60 Å². The summed E-state index contributed by atoms with van der Waals surface area (Å²) in [6.45, 7) is 9.05. The number of aromatic nitrogens is 1. The minimum absolute atomic E-state index is 0.0167. The third-order valence-corrected chi connectivity index (χ3v) is 4.23. The Morgan fingerprint density at radius 1 is 1.43 bits per heavy atom. The second-order valence-corrected chi connectivity index (χ2v) is 7.24. The first kappa shape index (κ1) is 16.2. The van der Waals surface area contributed by atoms with Crippen LogP contribution in [0.4, 0.5) is 4.79 Å². The second kappa shape index (κ2) is 6.75. The van der Waals surface area contributed by atoms with Gasteiger partial charge < -0.3 is 14.4 Å². The molecule has 6 heteroatoms. The van der Waals surface area contributed by atoms with E-state index in [2.05, 4.69) is 4.98 Å². The van der Waals surface area contributed by atoms with Crippen LogP contribution in [-0.4, -0.2) is 40.8 Å². The molecule has 0 aromatic carbocycles. The van der Waals surface area contributed by atoms with Crippen molar-refractivity contribution >= 4 is 17.4 Å². The van der Waals surface area contributed by atoms with Crippen LogP contribution in [0, 0.1) is 0 Å². The molecule has 2 rings (SSSR count). The van der Waals surface area contributed by atoms with Crippen molar-refractivity contribution in [2.24, 2.45) is 0 Å². The van der Waals surface area contributed by atoms with Crippen molar-refractivity contribution in [2.45, 2.75) is 58.3 Å². The Labute approximate surface area is 130 Å². The minimum atomic E-state index is -0.441. The average molecular weight is 312 g/mol. The van der Waals surface area contributed by atoms with Gasteiger partial charge in [0.1, 0.15) is 16.7 Å². The zero-order valence-electron chi connectivity index (χ0n) is 13.2. The summed E-state index contributed by atoms with van der Waals surface area (Å²) in [6.07, 6.45) is 3.45. The Morgan fingerprint density at radius 2 is 2.10 bits per heavy atom. The lowest BCUT2D eigenvalue weighted by atomic mass is 10.1. The van der Waals surface area contributed by atoms with Crippen LogP contribution >= 0.6 is 11.3 Å². The Bertz CT molecular complexity index is 448. The van der Waals surface area contributed by atoms with Gasteiger partial charge in [-0.15, -0.1) is 11.3 Å². The van der Waals surface area contributed by atoms with Crippen molar-refractivity contribution in [3.63, 3.8) is 0 Å². The molecular weight excluding hydrogens is 288 g/mol. The van der Waals surface area contributed by atoms with Crippen LogP contribution in [0.1, 0.15) is 51.6 Å². The number of hydrogen-bond acceptors (Lipinski definition) is 5. The molecule has 1 aliphatic rings. The Balaban J connectivity index is 1.77. The van der Waals surface area contributed by atoms with Gasteiger partial charge in [0, 0.05) is 24.7 Å². The Kier molecular flexibility index (Phi) is 5.22. The van der Waals surface area contributed by atoms with Gasteiger partial charge >= 0.3 is 6.09 Å². The molecule has 1 aliphatic heterocycles. The number of rotatable bonds is 3. The first-order chi connectivity index (χ1) is 9.85. The largest absolute Gasteiger partial charge is 0.444 e. The summed E-state index contributed by atoms with van der Waals surface area (Å²) in [5.74, 6) is 0. The predicted molar refractivity (Wildman–Crippen MR) is 82.4 cm³/mol. The molecule has 2 heterocycles. The van der Waals surface area contributed by atoms with Crippen LogP contribution in [0.25, 0.3) is 0 Å². The number of ether oxygens (including phenoxy) is 2. The highest BCUT2D eigenvalue weighted by atomic mass is 32.1. The molecule has 0 saturated carbocycles. The van der Waals surface area contributed by atoms with Crippen LogP contribution in [0.15, 0.2) is 11.6 Å². The fourth-order valence-corrected chi connectivity index (χ4v) is 2.91. The van der Waals surface area contributed by atoms with Crippen molar-refractivity contribution in [2.75, 3.05) is 13.1 Å². The molecule has 0 N–H and O–H groups in total. The van der Waals surface area contributed by atoms with Gasteiger partial charge in [-0.25, -0.2) is 9.78 Å². The second-order valence-electron chi connectivity index (χ2n) is 6.32. The molecule has 0 spiro atoms. The number of amides is 1. The van der Waals surface area contributed by atoms with Crippen molar-refractivity contribution in [3.05, 3.63) is 16.6 Å². The van der Waals surface area contributed by atoms with E-state index in [1.807, 2.05) is 33.1 Å². The first-order valence-corrected chi connectivity index (χ1v) is 8.26. The number of carbonyl (C=O) groups excluding carboxylic acids is 1. The molecule has 118 valence electrons. The van der Waals surface area contributed by atoms with E-state index in [1.54, 1.807) is 22.4 Å². The topological polar surface area (TPSA) is 51.7 Å². The van der Waals surface area contributed by atoms with Crippen LogP contribution in [-0.2, 0) is 9.47 Å². The average Bonchev–Trinajstić information content (AvgIpc) is 2.91. The van der Waals surface area contributed by atoms with Gasteiger partial charge in [-0.3, -0.25) is 0 Å². The van der Waals surface area contributed by atoms with E-state index in [0.717, 1.165) is 17.8 Å². The van der Waals surface area contributed by atoms with E-state index in [0.29, 0.717) is 13.1 Å². The normalized spacial score (nSPS) is 18.6. The molecule has 1 fully saturated rings. The molecule has 1 aromatic heterocycles. The summed E-state index contributed by atoms with van der Waals surface area (Å²) in [5.41, 5.74) is -0.441. The SMILES string of the molecule is C[C@@H](OC1CCN(C(=O)OC(C)(C)C)CC1)c1nccs1. The predicted octanol–water partition coefficient (Wildman–Crippen LogP) is 3.62. The molecule has 1 amide bonds. The summed E-state index contributed by atoms with van der Waals surface area (Å²) in [4.78, 5) is 18.0. The van der Waals surface area contributed by atoms with E-state index in [9.17, 15) is 4.79 Å². The summed E-state index contributed by atoms with van der Waals surface area (Å²) < 4.78 is 11.4. The van der Waals surface area contributed by atoms with Gasteiger partial charge in [0.25, 0.3) is 0 Å². The van der Waals surface area contributed by atoms with E-state index in [4.69, 9.17) is 9.47 Å². The van der Waals surface area contributed by atoms with E-state index >= 15 is 0 Å². The molecule has 0 unspecified atom stereocenters. The number of hydrogen-bond donors (Lipinski definition) is 0. The number of piperidine rings is 1. The minimum Gasteiger partial charge on any atom is -0.444 e. The van der Waals surface area contributed by atoms with Crippen LogP contribution in [0.5, 0.6) is 0 Å². The molecule has 0 aliphatic carbocycles. The van der Waals surface area contributed by atoms with Crippen LogP contribution in [0.2, 0.25) is 0 Å². The first-order valence-electron chi connectivity index (χ1n) is 7.38. The zero-order chi connectivity index (χ0) is 15.5. The highest BCUT2D eigenvalue weighted by molar-refractivity contribution is 7.09. The molecule has 21 heavy (non-hydrogen) atoms. The maximum atomic E-state index is 12.0. The summed E-state index contributed by atoms with van der Waals surface area (Å²) in [5, 5.41) is 2.96. The third-order valence-electron chi connectivity index (χ3n) is 3.29. The van der Waals surface area contributed by atoms with Gasteiger partial charge in [0.15, 0.2) is 0 Å². The molecule has 1 atom stereocenters. The van der Waals surface area contributed by atoms with Gasteiger partial charge in [0.05, 0.1) is 6.10 Å². The number of thiazole rings is 1. The van der Waals surface area contributed by atoms with Gasteiger partial charge in [-0.2, -0.15) is 0 Å². The van der Waals surface area contributed by atoms with Gasteiger partial charge in [-0.1, -0.05) is 0 Å². The van der Waals surface area contributed by atoms with Crippen molar-refractivity contribution in [3.8, 4) is 0 Å².